The summed E-state index contributed by atoms with van der Waals surface area (Å²) >= 11 is 0. The Morgan fingerprint density at radius 1 is 1.45 bits per heavy atom. The van der Waals surface area contributed by atoms with E-state index >= 15 is 0 Å². The van der Waals surface area contributed by atoms with Crippen LogP contribution in [0.4, 0.5) is 6.01 Å². The molecule has 1 fully saturated rings. The summed E-state index contributed by atoms with van der Waals surface area (Å²) in [6.45, 7) is 3.14. The molecule has 7 heteroatoms. The summed E-state index contributed by atoms with van der Waals surface area (Å²) in [7, 11) is 0. The van der Waals surface area contributed by atoms with Gasteiger partial charge in [-0.3, -0.25) is 4.79 Å². The van der Waals surface area contributed by atoms with Gasteiger partial charge in [-0.2, -0.15) is 0 Å². The second-order valence-corrected chi connectivity index (χ2v) is 5.04. The summed E-state index contributed by atoms with van der Waals surface area (Å²) in [4.78, 5) is 14.2. The fourth-order valence-corrected chi connectivity index (χ4v) is 2.52. The predicted octanol–water partition coefficient (Wildman–Crippen LogP) is 1.57. The van der Waals surface area contributed by atoms with E-state index in [9.17, 15) is 4.79 Å². The molecule has 1 atom stereocenters. The van der Waals surface area contributed by atoms with Gasteiger partial charge in [-0.1, -0.05) is 5.10 Å². The van der Waals surface area contributed by atoms with Gasteiger partial charge in [0.15, 0.2) is 0 Å². The lowest BCUT2D eigenvalue weighted by molar-refractivity contribution is 0.0697. The maximum absolute atomic E-state index is 12.4. The molecule has 20 heavy (non-hydrogen) atoms. The van der Waals surface area contributed by atoms with Crippen LogP contribution in [0.15, 0.2) is 21.4 Å². The van der Waals surface area contributed by atoms with Crippen molar-refractivity contribution in [2.75, 3.05) is 18.8 Å². The summed E-state index contributed by atoms with van der Waals surface area (Å²) in [6.07, 6.45) is 4.88. The first-order valence-electron chi connectivity index (χ1n) is 6.56. The molecule has 2 aromatic heterocycles. The minimum absolute atomic E-state index is 0.0200. The summed E-state index contributed by atoms with van der Waals surface area (Å²) in [5.74, 6) is 0.530. The van der Waals surface area contributed by atoms with Crippen LogP contribution in [0.2, 0.25) is 0 Å². The molecule has 1 unspecified atom stereocenters. The number of carbonyl (C=O) groups excluding carboxylic acids is 1. The fraction of sp³-hybridized carbons (Fsp3) is 0.462. The number of amides is 1. The van der Waals surface area contributed by atoms with Crippen molar-refractivity contribution in [2.24, 2.45) is 0 Å². The van der Waals surface area contributed by atoms with Gasteiger partial charge in [0.25, 0.3) is 5.91 Å². The molecule has 3 heterocycles. The monoisotopic (exact) mass is 276 g/mol. The minimum atomic E-state index is -0.0200. The van der Waals surface area contributed by atoms with Gasteiger partial charge in [0.1, 0.15) is 6.26 Å². The summed E-state index contributed by atoms with van der Waals surface area (Å²) in [6, 6.07) is 0.0640. The number of furan rings is 1. The van der Waals surface area contributed by atoms with Gasteiger partial charge in [0.2, 0.25) is 5.89 Å². The number of anilines is 1. The highest BCUT2D eigenvalue weighted by Gasteiger charge is 2.29. The number of nitrogens with two attached hydrogens (primary N) is 1. The van der Waals surface area contributed by atoms with Crippen LogP contribution in [0, 0.1) is 6.92 Å². The van der Waals surface area contributed by atoms with E-state index in [2.05, 4.69) is 10.2 Å². The number of carbonyl (C=O) groups is 1. The van der Waals surface area contributed by atoms with Gasteiger partial charge in [-0.05, 0) is 25.3 Å². The highest BCUT2D eigenvalue weighted by atomic mass is 16.4. The third-order valence-electron chi connectivity index (χ3n) is 3.60. The number of hydrogen-bond acceptors (Lipinski definition) is 6. The lowest BCUT2D eigenvalue weighted by atomic mass is 9.97. The molecule has 0 saturated carbocycles. The van der Waals surface area contributed by atoms with Crippen LogP contribution >= 0.6 is 0 Å². The molecule has 2 aromatic rings. The molecule has 1 aliphatic heterocycles. The Labute approximate surface area is 115 Å². The molecular weight excluding hydrogens is 260 g/mol. The highest BCUT2D eigenvalue weighted by Crippen LogP contribution is 2.27. The smallest absolute Gasteiger partial charge is 0.312 e. The Balaban J connectivity index is 1.75. The van der Waals surface area contributed by atoms with Crippen LogP contribution in [-0.2, 0) is 0 Å². The molecule has 3 rings (SSSR count). The second-order valence-electron chi connectivity index (χ2n) is 5.04. The van der Waals surface area contributed by atoms with Crippen LogP contribution in [0.3, 0.4) is 0 Å². The zero-order valence-electron chi connectivity index (χ0n) is 11.2. The first-order chi connectivity index (χ1) is 9.65. The fourth-order valence-electron chi connectivity index (χ4n) is 2.52. The molecule has 0 aromatic carbocycles. The SMILES string of the molecule is Cc1cocc1C(=O)N1CCCC(c2nnc(N)o2)C1. The molecule has 0 aliphatic carbocycles. The zero-order chi connectivity index (χ0) is 14.1. The van der Waals surface area contributed by atoms with E-state index in [1.165, 1.54) is 6.26 Å². The van der Waals surface area contributed by atoms with Crippen molar-refractivity contribution in [3.05, 3.63) is 29.5 Å². The lowest BCUT2D eigenvalue weighted by Crippen LogP contribution is -2.39. The summed E-state index contributed by atoms with van der Waals surface area (Å²) in [5.41, 5.74) is 6.90. The molecule has 0 bridgehead atoms. The van der Waals surface area contributed by atoms with E-state index in [1.807, 2.05) is 6.92 Å². The lowest BCUT2D eigenvalue weighted by Gasteiger charge is -2.30. The third-order valence-corrected chi connectivity index (χ3v) is 3.60. The molecule has 7 nitrogen and oxygen atoms in total. The first-order valence-corrected chi connectivity index (χ1v) is 6.56. The third kappa shape index (κ3) is 2.26. The molecular formula is C13H16N4O3. The number of rotatable bonds is 2. The van der Waals surface area contributed by atoms with Crippen LogP contribution in [0.25, 0.3) is 0 Å². The van der Waals surface area contributed by atoms with Crippen LogP contribution in [0.5, 0.6) is 0 Å². The Morgan fingerprint density at radius 2 is 2.30 bits per heavy atom. The van der Waals surface area contributed by atoms with Crippen molar-refractivity contribution in [2.45, 2.75) is 25.7 Å². The number of nitrogens with zero attached hydrogens (tertiary/aromatic N) is 3. The number of nitrogen functional groups attached to an aromatic ring is 1. The summed E-state index contributed by atoms with van der Waals surface area (Å²) in [5, 5.41) is 7.58. The van der Waals surface area contributed by atoms with E-state index < -0.39 is 0 Å². The molecule has 1 aliphatic rings. The topological polar surface area (TPSA) is 98.4 Å². The van der Waals surface area contributed by atoms with E-state index in [-0.39, 0.29) is 17.8 Å². The van der Waals surface area contributed by atoms with E-state index in [0.29, 0.717) is 18.0 Å². The van der Waals surface area contributed by atoms with Crippen molar-refractivity contribution < 1.29 is 13.6 Å². The van der Waals surface area contributed by atoms with E-state index in [4.69, 9.17) is 14.6 Å². The number of aromatic nitrogens is 2. The van der Waals surface area contributed by atoms with Crippen molar-refractivity contribution in [1.29, 1.82) is 0 Å². The zero-order valence-corrected chi connectivity index (χ0v) is 11.2. The van der Waals surface area contributed by atoms with Crippen molar-refractivity contribution >= 4 is 11.9 Å². The van der Waals surface area contributed by atoms with Crippen molar-refractivity contribution in [3.8, 4) is 0 Å². The normalized spacial score (nSPS) is 19.2. The van der Waals surface area contributed by atoms with Crippen molar-refractivity contribution in [3.63, 3.8) is 0 Å². The average Bonchev–Trinajstić information content (AvgIpc) is 3.07. The quantitative estimate of drug-likeness (QED) is 0.894. The largest absolute Gasteiger partial charge is 0.471 e. The number of hydrogen-bond donors (Lipinski definition) is 1. The van der Waals surface area contributed by atoms with Crippen LogP contribution in [0.1, 0.15) is 40.6 Å². The first kappa shape index (κ1) is 12.7. The van der Waals surface area contributed by atoms with E-state index in [1.54, 1.807) is 11.2 Å². The predicted molar refractivity (Wildman–Crippen MR) is 70.0 cm³/mol. The number of piperidine rings is 1. The number of likely N-dealkylation sites (tertiary alicyclic amines) is 1. The van der Waals surface area contributed by atoms with Crippen LogP contribution in [-0.4, -0.2) is 34.1 Å². The molecule has 1 amide bonds. The second kappa shape index (κ2) is 4.99. The Morgan fingerprint density at radius 3 is 2.95 bits per heavy atom. The van der Waals surface area contributed by atoms with Gasteiger partial charge < -0.3 is 19.5 Å². The standard InChI is InChI=1S/C13H16N4O3/c1-8-6-19-7-10(8)12(18)17-4-2-3-9(5-17)11-15-16-13(14)20-11/h6-7,9H,2-5H2,1H3,(H2,14,16). The molecule has 0 spiro atoms. The van der Waals surface area contributed by atoms with Gasteiger partial charge in [0, 0.05) is 13.1 Å². The maximum Gasteiger partial charge on any atom is 0.312 e. The Bertz CT molecular complexity index is 619. The number of aryl methyl sites for hydroxylation is 1. The van der Waals surface area contributed by atoms with Gasteiger partial charge in [-0.15, -0.1) is 5.10 Å². The highest BCUT2D eigenvalue weighted by molar-refractivity contribution is 5.95. The molecule has 0 radical (unpaired) electrons. The van der Waals surface area contributed by atoms with Gasteiger partial charge in [-0.25, -0.2) is 0 Å². The van der Waals surface area contributed by atoms with Gasteiger partial charge in [0.05, 0.1) is 17.7 Å². The van der Waals surface area contributed by atoms with E-state index in [0.717, 1.165) is 24.9 Å². The van der Waals surface area contributed by atoms with Crippen molar-refractivity contribution in [1.82, 2.24) is 15.1 Å². The molecule has 2 N–H and O–H groups in total. The Hall–Kier alpha value is -2.31. The minimum Gasteiger partial charge on any atom is -0.471 e. The molecule has 1 saturated heterocycles. The average molecular weight is 276 g/mol. The maximum atomic E-state index is 12.4. The Kier molecular flexibility index (Phi) is 3.17. The molecule has 106 valence electrons. The van der Waals surface area contributed by atoms with Gasteiger partial charge >= 0.3 is 6.01 Å². The summed E-state index contributed by atoms with van der Waals surface area (Å²) < 4.78 is 10.3. The van der Waals surface area contributed by atoms with Crippen LogP contribution < -0.4 is 5.73 Å².